The second-order valence-corrected chi connectivity index (χ2v) is 6.96. The number of likely N-dealkylation sites (tertiary alicyclic amines) is 1. The summed E-state index contributed by atoms with van der Waals surface area (Å²) in [5.74, 6) is -0.328. The molecule has 0 atom stereocenters. The van der Waals surface area contributed by atoms with Crippen molar-refractivity contribution in [3.05, 3.63) is 59.4 Å². The predicted molar refractivity (Wildman–Crippen MR) is 105 cm³/mol. The van der Waals surface area contributed by atoms with Gasteiger partial charge in [-0.2, -0.15) is 0 Å². The van der Waals surface area contributed by atoms with E-state index in [1.54, 1.807) is 53.1 Å². The van der Waals surface area contributed by atoms with Crippen LogP contribution in [0.1, 0.15) is 19.8 Å². The Bertz CT molecular complexity index is 820. The van der Waals surface area contributed by atoms with Gasteiger partial charge in [-0.15, -0.1) is 0 Å². The molecule has 0 radical (unpaired) electrons. The van der Waals surface area contributed by atoms with Crippen LogP contribution in [-0.4, -0.2) is 36.0 Å². The highest BCUT2D eigenvalue weighted by Gasteiger charge is 2.30. The van der Waals surface area contributed by atoms with Gasteiger partial charge >= 0.3 is 6.03 Å². The molecule has 0 spiro atoms. The van der Waals surface area contributed by atoms with Crippen LogP contribution in [0.25, 0.3) is 0 Å². The number of hydrogen-bond acceptors (Lipinski definition) is 2. The van der Waals surface area contributed by atoms with Crippen molar-refractivity contribution in [3.8, 4) is 0 Å². The van der Waals surface area contributed by atoms with Gasteiger partial charge in [-0.3, -0.25) is 9.69 Å². The molecule has 0 bridgehead atoms. The molecular weight excluding hydrogens is 369 g/mol. The molecular formula is C20H21ClFN3O2. The van der Waals surface area contributed by atoms with E-state index in [4.69, 9.17) is 11.6 Å². The highest BCUT2D eigenvalue weighted by atomic mass is 35.5. The van der Waals surface area contributed by atoms with Crippen LogP contribution >= 0.6 is 11.6 Å². The zero-order valence-corrected chi connectivity index (χ0v) is 15.7. The number of carbonyl (C=O) groups excluding carboxylic acids is 2. The molecule has 2 aromatic carbocycles. The number of hydrogen-bond donors (Lipinski definition) is 1. The van der Waals surface area contributed by atoms with Gasteiger partial charge in [-0.25, -0.2) is 9.18 Å². The van der Waals surface area contributed by atoms with Crippen LogP contribution in [0.4, 0.5) is 20.6 Å². The number of benzene rings is 2. The van der Waals surface area contributed by atoms with Crippen LogP contribution in [0, 0.1) is 5.82 Å². The highest BCUT2D eigenvalue weighted by Crippen LogP contribution is 2.26. The molecule has 1 aliphatic rings. The summed E-state index contributed by atoms with van der Waals surface area (Å²) in [5, 5.41) is 3.38. The summed E-state index contributed by atoms with van der Waals surface area (Å²) in [6.07, 6.45) is 1.31. The monoisotopic (exact) mass is 389 g/mol. The maximum Gasteiger partial charge on any atom is 0.326 e. The number of urea groups is 1. The van der Waals surface area contributed by atoms with Gasteiger partial charge in [0.1, 0.15) is 5.82 Å². The third-order valence-corrected chi connectivity index (χ3v) is 4.91. The van der Waals surface area contributed by atoms with Crippen molar-refractivity contribution in [1.29, 1.82) is 0 Å². The van der Waals surface area contributed by atoms with Crippen LogP contribution in [-0.2, 0) is 4.79 Å². The van der Waals surface area contributed by atoms with Crippen molar-refractivity contribution >= 4 is 34.9 Å². The molecule has 142 valence electrons. The molecule has 1 heterocycles. The molecule has 3 rings (SSSR count). The van der Waals surface area contributed by atoms with Crippen LogP contribution in [0.5, 0.6) is 0 Å². The minimum absolute atomic E-state index is 0.0326. The number of carbonyl (C=O) groups is 2. The Morgan fingerprint density at radius 1 is 1.15 bits per heavy atom. The second kappa shape index (κ2) is 8.39. The van der Waals surface area contributed by atoms with E-state index in [0.29, 0.717) is 42.3 Å². The Morgan fingerprint density at radius 2 is 1.81 bits per heavy atom. The van der Waals surface area contributed by atoms with Crippen molar-refractivity contribution in [2.24, 2.45) is 0 Å². The van der Waals surface area contributed by atoms with Gasteiger partial charge in [0.05, 0.1) is 0 Å². The standard InChI is InChI=1S/C20H21ClFN3O2/c1-14(26)24-11-9-19(10-12-24)25(18-7-5-16(22)6-8-18)20(27)23-17-4-2-3-15(21)13-17/h2-8,13,19H,9-12H2,1H3,(H,23,27). The molecule has 0 saturated carbocycles. The van der Waals surface area contributed by atoms with Gasteiger partial charge in [0.25, 0.3) is 0 Å². The lowest BCUT2D eigenvalue weighted by atomic mass is 10.0. The minimum atomic E-state index is -0.361. The summed E-state index contributed by atoms with van der Waals surface area (Å²) < 4.78 is 13.3. The lowest BCUT2D eigenvalue weighted by molar-refractivity contribution is -0.129. The summed E-state index contributed by atoms with van der Waals surface area (Å²) in [6.45, 7) is 2.72. The molecule has 0 unspecified atom stereocenters. The molecule has 0 aromatic heterocycles. The minimum Gasteiger partial charge on any atom is -0.343 e. The smallest absolute Gasteiger partial charge is 0.326 e. The fourth-order valence-corrected chi connectivity index (χ4v) is 3.47. The molecule has 1 N–H and O–H groups in total. The third-order valence-electron chi connectivity index (χ3n) is 4.67. The normalized spacial score (nSPS) is 14.7. The Labute approximate surface area is 162 Å². The fourth-order valence-electron chi connectivity index (χ4n) is 3.28. The Balaban J connectivity index is 1.82. The average molecular weight is 390 g/mol. The van der Waals surface area contributed by atoms with Crippen molar-refractivity contribution in [3.63, 3.8) is 0 Å². The first-order chi connectivity index (χ1) is 12.9. The number of rotatable bonds is 3. The zero-order valence-electron chi connectivity index (χ0n) is 15.0. The zero-order chi connectivity index (χ0) is 19.4. The van der Waals surface area contributed by atoms with Crippen LogP contribution in [0.3, 0.4) is 0 Å². The molecule has 1 aliphatic heterocycles. The number of halogens is 2. The van der Waals surface area contributed by atoms with Crippen LogP contribution < -0.4 is 10.2 Å². The lowest BCUT2D eigenvalue weighted by Crippen LogP contribution is -2.50. The molecule has 27 heavy (non-hydrogen) atoms. The van der Waals surface area contributed by atoms with Crippen LogP contribution in [0.15, 0.2) is 48.5 Å². The SMILES string of the molecule is CC(=O)N1CCC(N(C(=O)Nc2cccc(Cl)c2)c2ccc(F)cc2)CC1. The van der Waals surface area contributed by atoms with Gasteiger partial charge in [-0.1, -0.05) is 17.7 Å². The lowest BCUT2D eigenvalue weighted by Gasteiger charge is -2.38. The number of nitrogens with one attached hydrogen (secondary N) is 1. The van der Waals surface area contributed by atoms with E-state index in [9.17, 15) is 14.0 Å². The van der Waals surface area contributed by atoms with Crippen molar-refractivity contribution in [2.75, 3.05) is 23.3 Å². The summed E-state index contributed by atoms with van der Waals surface area (Å²) in [5.41, 5.74) is 1.19. The fraction of sp³-hybridized carbons (Fsp3) is 0.300. The molecule has 2 aromatic rings. The molecule has 1 saturated heterocycles. The Morgan fingerprint density at radius 3 is 2.41 bits per heavy atom. The van der Waals surface area contributed by atoms with Crippen molar-refractivity contribution in [2.45, 2.75) is 25.8 Å². The first-order valence-corrected chi connectivity index (χ1v) is 9.18. The van der Waals surface area contributed by atoms with Gasteiger partial charge in [0, 0.05) is 42.5 Å². The van der Waals surface area contributed by atoms with Gasteiger partial charge in [-0.05, 0) is 55.3 Å². The van der Waals surface area contributed by atoms with E-state index in [0.717, 1.165) is 0 Å². The topological polar surface area (TPSA) is 52.7 Å². The maximum absolute atomic E-state index is 13.3. The largest absolute Gasteiger partial charge is 0.343 e. The third kappa shape index (κ3) is 4.77. The summed E-state index contributed by atoms with van der Waals surface area (Å²) >= 11 is 5.99. The second-order valence-electron chi connectivity index (χ2n) is 6.52. The summed E-state index contributed by atoms with van der Waals surface area (Å²) in [7, 11) is 0. The summed E-state index contributed by atoms with van der Waals surface area (Å²) in [4.78, 5) is 28.0. The van der Waals surface area contributed by atoms with Gasteiger partial charge < -0.3 is 10.2 Å². The first kappa shape index (κ1) is 19.2. The predicted octanol–water partition coefficient (Wildman–Crippen LogP) is 4.53. The summed E-state index contributed by atoms with van der Waals surface area (Å²) in [6, 6.07) is 12.3. The van der Waals surface area contributed by atoms with E-state index in [1.807, 2.05) is 0 Å². The molecule has 5 nitrogen and oxygen atoms in total. The number of piperidine rings is 1. The van der Waals surface area contributed by atoms with E-state index < -0.39 is 0 Å². The molecule has 1 fully saturated rings. The van der Waals surface area contributed by atoms with E-state index in [-0.39, 0.29) is 23.8 Å². The van der Waals surface area contributed by atoms with E-state index in [1.165, 1.54) is 12.1 Å². The first-order valence-electron chi connectivity index (χ1n) is 8.81. The molecule has 7 heteroatoms. The Hall–Kier alpha value is -2.60. The molecule has 0 aliphatic carbocycles. The van der Waals surface area contributed by atoms with Crippen molar-refractivity contribution < 1.29 is 14.0 Å². The van der Waals surface area contributed by atoms with Gasteiger partial charge in [0.2, 0.25) is 5.91 Å². The van der Waals surface area contributed by atoms with Gasteiger partial charge in [0.15, 0.2) is 0 Å². The van der Waals surface area contributed by atoms with Crippen LogP contribution in [0.2, 0.25) is 5.02 Å². The van der Waals surface area contributed by atoms with E-state index >= 15 is 0 Å². The highest BCUT2D eigenvalue weighted by molar-refractivity contribution is 6.30. The number of nitrogens with zero attached hydrogens (tertiary/aromatic N) is 2. The Kier molecular flexibility index (Phi) is 5.96. The quantitative estimate of drug-likeness (QED) is 0.838. The molecule has 3 amide bonds. The average Bonchev–Trinajstić information content (AvgIpc) is 2.64. The van der Waals surface area contributed by atoms with E-state index in [2.05, 4.69) is 5.32 Å². The number of anilines is 2. The number of amides is 3. The maximum atomic E-state index is 13.3. The van der Waals surface area contributed by atoms with Crippen molar-refractivity contribution in [1.82, 2.24) is 4.90 Å².